The Labute approximate surface area is 217 Å². The molecule has 0 spiro atoms. The van der Waals surface area contributed by atoms with Crippen LogP contribution < -0.4 is 10.6 Å². The highest BCUT2D eigenvalue weighted by atomic mass is 32.1. The summed E-state index contributed by atoms with van der Waals surface area (Å²) in [6.45, 7) is 0.707. The molecule has 2 fully saturated rings. The van der Waals surface area contributed by atoms with E-state index in [1.54, 1.807) is 21.4 Å². The number of nitrogens with zero attached hydrogens (tertiary/aromatic N) is 3. The lowest BCUT2D eigenvalue weighted by Gasteiger charge is -2.40. The molecular formula is C24H28F3N5O2S2. The summed E-state index contributed by atoms with van der Waals surface area (Å²) in [7, 11) is 0. The number of carbonyl (C=O) groups is 2. The Morgan fingerprint density at radius 1 is 1.14 bits per heavy atom. The summed E-state index contributed by atoms with van der Waals surface area (Å²) in [4.78, 5) is 33.8. The maximum Gasteiger partial charge on any atom is 0.416 e. The Bertz CT molecular complexity index is 1060. The van der Waals surface area contributed by atoms with Gasteiger partial charge in [0.2, 0.25) is 11.8 Å². The number of piperazine rings is 1. The van der Waals surface area contributed by atoms with Gasteiger partial charge in [0.25, 0.3) is 0 Å². The second-order valence-corrected chi connectivity index (χ2v) is 10.4. The second kappa shape index (κ2) is 11.5. The van der Waals surface area contributed by atoms with Gasteiger partial charge in [-0.15, -0.1) is 11.3 Å². The SMILES string of the molecule is O=C(Nc1nccs1)[C@H](CC1CCCCC1)N1CCN(C(=S)Nc2ccc(C(F)(F)F)cc2)CC1=O. The van der Waals surface area contributed by atoms with Crippen molar-refractivity contribution in [2.24, 2.45) is 5.92 Å². The quantitative estimate of drug-likeness (QED) is 0.505. The largest absolute Gasteiger partial charge is 0.416 e. The Kier molecular flexibility index (Phi) is 8.45. The molecule has 0 bridgehead atoms. The van der Waals surface area contributed by atoms with E-state index in [2.05, 4.69) is 15.6 Å². The lowest BCUT2D eigenvalue weighted by molar-refractivity contribution is -0.142. The zero-order chi connectivity index (χ0) is 25.7. The highest BCUT2D eigenvalue weighted by Gasteiger charge is 2.36. The molecule has 4 rings (SSSR count). The molecule has 194 valence electrons. The fraction of sp³-hybridized carbons (Fsp3) is 0.500. The topological polar surface area (TPSA) is 77.6 Å². The number of thiazole rings is 1. The highest BCUT2D eigenvalue weighted by molar-refractivity contribution is 7.80. The molecule has 1 saturated heterocycles. The zero-order valence-corrected chi connectivity index (χ0v) is 21.2. The van der Waals surface area contributed by atoms with Crippen LogP contribution in [-0.4, -0.2) is 57.4 Å². The summed E-state index contributed by atoms with van der Waals surface area (Å²) in [6.07, 6.45) is 3.39. The minimum atomic E-state index is -4.41. The molecule has 1 aliphatic heterocycles. The summed E-state index contributed by atoms with van der Waals surface area (Å²) >= 11 is 6.74. The van der Waals surface area contributed by atoms with Crippen molar-refractivity contribution in [3.05, 3.63) is 41.4 Å². The van der Waals surface area contributed by atoms with Crippen LogP contribution in [0.15, 0.2) is 35.8 Å². The summed E-state index contributed by atoms with van der Waals surface area (Å²) in [5.41, 5.74) is -0.344. The van der Waals surface area contributed by atoms with Gasteiger partial charge in [-0.05, 0) is 48.8 Å². The van der Waals surface area contributed by atoms with Crippen LogP contribution in [0.2, 0.25) is 0 Å². The molecule has 2 amide bonds. The average molecular weight is 540 g/mol. The number of anilines is 2. The van der Waals surface area contributed by atoms with Crippen molar-refractivity contribution in [1.29, 1.82) is 0 Å². The van der Waals surface area contributed by atoms with E-state index in [0.717, 1.165) is 37.8 Å². The molecule has 1 atom stereocenters. The van der Waals surface area contributed by atoms with Crippen molar-refractivity contribution < 1.29 is 22.8 Å². The zero-order valence-electron chi connectivity index (χ0n) is 19.6. The molecule has 2 aromatic rings. The van der Waals surface area contributed by atoms with Crippen LogP contribution in [0.25, 0.3) is 0 Å². The first-order valence-electron chi connectivity index (χ1n) is 11.9. The van der Waals surface area contributed by atoms with E-state index in [1.807, 2.05) is 0 Å². The molecule has 1 aromatic carbocycles. The summed E-state index contributed by atoms with van der Waals surface area (Å²) in [5.74, 6) is -0.0604. The number of aromatic nitrogens is 1. The van der Waals surface area contributed by atoms with Gasteiger partial charge in [-0.3, -0.25) is 9.59 Å². The molecule has 1 saturated carbocycles. The van der Waals surface area contributed by atoms with E-state index in [0.29, 0.717) is 36.2 Å². The fourth-order valence-electron chi connectivity index (χ4n) is 4.72. The molecular weight excluding hydrogens is 511 g/mol. The van der Waals surface area contributed by atoms with Gasteiger partial charge < -0.3 is 20.4 Å². The second-order valence-electron chi connectivity index (χ2n) is 9.10. The van der Waals surface area contributed by atoms with E-state index < -0.39 is 17.8 Å². The Hall–Kier alpha value is -2.73. The molecule has 2 N–H and O–H groups in total. The molecule has 2 aliphatic rings. The molecule has 36 heavy (non-hydrogen) atoms. The first kappa shape index (κ1) is 26.3. The van der Waals surface area contributed by atoms with E-state index in [1.165, 1.54) is 29.9 Å². The maximum absolute atomic E-state index is 13.2. The van der Waals surface area contributed by atoms with Gasteiger partial charge >= 0.3 is 6.18 Å². The number of benzene rings is 1. The van der Waals surface area contributed by atoms with E-state index in [9.17, 15) is 22.8 Å². The lowest BCUT2D eigenvalue weighted by Crippen LogP contribution is -2.59. The summed E-state index contributed by atoms with van der Waals surface area (Å²) in [5, 5.41) is 8.29. The van der Waals surface area contributed by atoms with Gasteiger partial charge in [0.15, 0.2) is 10.2 Å². The number of hydrogen-bond acceptors (Lipinski definition) is 5. The molecule has 2 heterocycles. The van der Waals surface area contributed by atoms with Gasteiger partial charge in [0, 0.05) is 30.4 Å². The van der Waals surface area contributed by atoms with Crippen molar-refractivity contribution in [3.63, 3.8) is 0 Å². The van der Waals surface area contributed by atoms with Crippen LogP contribution in [0, 0.1) is 5.92 Å². The number of thiocarbonyl (C=S) groups is 1. The molecule has 0 unspecified atom stereocenters. The predicted molar refractivity (Wildman–Crippen MR) is 137 cm³/mol. The normalized spacial score (nSPS) is 18.1. The van der Waals surface area contributed by atoms with Gasteiger partial charge in [-0.25, -0.2) is 4.98 Å². The molecule has 12 heteroatoms. The maximum atomic E-state index is 13.2. The number of alkyl halides is 3. The smallest absolute Gasteiger partial charge is 0.338 e. The molecule has 7 nitrogen and oxygen atoms in total. The number of amides is 2. The summed E-state index contributed by atoms with van der Waals surface area (Å²) in [6, 6.07) is 3.96. The van der Waals surface area contributed by atoms with Crippen molar-refractivity contribution in [2.75, 3.05) is 30.3 Å². The number of halogens is 3. The highest BCUT2D eigenvalue weighted by Crippen LogP contribution is 2.31. The van der Waals surface area contributed by atoms with Crippen molar-refractivity contribution in [1.82, 2.24) is 14.8 Å². The lowest BCUT2D eigenvalue weighted by atomic mass is 9.84. The molecule has 1 aliphatic carbocycles. The van der Waals surface area contributed by atoms with Crippen LogP contribution in [-0.2, 0) is 15.8 Å². The third-order valence-corrected chi connectivity index (χ3v) is 7.68. The Morgan fingerprint density at radius 2 is 1.86 bits per heavy atom. The monoisotopic (exact) mass is 539 g/mol. The van der Waals surface area contributed by atoms with E-state index in [4.69, 9.17) is 12.2 Å². The molecule has 0 radical (unpaired) electrons. The van der Waals surface area contributed by atoms with Crippen molar-refractivity contribution in [3.8, 4) is 0 Å². The van der Waals surface area contributed by atoms with Crippen molar-refractivity contribution >= 4 is 51.3 Å². The number of hydrogen-bond donors (Lipinski definition) is 2. The number of rotatable bonds is 6. The van der Waals surface area contributed by atoms with Crippen LogP contribution >= 0.6 is 23.6 Å². The number of nitrogens with one attached hydrogen (secondary N) is 2. The van der Waals surface area contributed by atoms with E-state index >= 15 is 0 Å². The van der Waals surface area contributed by atoms with Crippen molar-refractivity contribution in [2.45, 2.75) is 50.7 Å². The third kappa shape index (κ3) is 6.73. The minimum absolute atomic E-state index is 0.0157. The Balaban J connectivity index is 1.39. The van der Waals surface area contributed by atoms with Gasteiger partial charge in [0.05, 0.1) is 12.1 Å². The van der Waals surface area contributed by atoms with Gasteiger partial charge in [-0.1, -0.05) is 32.1 Å². The number of carbonyl (C=O) groups excluding carboxylic acids is 2. The van der Waals surface area contributed by atoms with Gasteiger partial charge in [0.1, 0.15) is 6.04 Å². The van der Waals surface area contributed by atoms with Crippen LogP contribution in [0.5, 0.6) is 0 Å². The first-order chi connectivity index (χ1) is 17.2. The molecule has 1 aromatic heterocycles. The third-order valence-electron chi connectivity index (χ3n) is 6.63. The minimum Gasteiger partial charge on any atom is -0.338 e. The standard InChI is InChI=1S/C24H28F3N5O2S2/c25-24(26,27)17-6-8-18(9-7-17)29-23(35)31-11-12-32(20(33)15-31)19(14-16-4-2-1-3-5-16)21(34)30-22-28-10-13-36-22/h6-10,13,16,19H,1-5,11-12,14-15H2,(H,29,35)(H,28,30,34)/t19-/m0/s1. The van der Waals surface area contributed by atoms with E-state index in [-0.39, 0.29) is 23.5 Å². The van der Waals surface area contributed by atoms with Crippen LogP contribution in [0.1, 0.15) is 44.1 Å². The first-order valence-corrected chi connectivity index (χ1v) is 13.2. The average Bonchev–Trinajstić information content (AvgIpc) is 3.36. The van der Waals surface area contributed by atoms with Crippen LogP contribution in [0.4, 0.5) is 24.0 Å². The fourth-order valence-corrected chi connectivity index (χ4v) is 5.53. The predicted octanol–water partition coefficient (Wildman–Crippen LogP) is 4.98. The Morgan fingerprint density at radius 3 is 2.47 bits per heavy atom. The summed E-state index contributed by atoms with van der Waals surface area (Å²) < 4.78 is 38.4. The van der Waals surface area contributed by atoms with Gasteiger partial charge in [-0.2, -0.15) is 13.2 Å². The van der Waals surface area contributed by atoms with Crippen LogP contribution in [0.3, 0.4) is 0 Å².